The number of anilines is 2. The van der Waals surface area contributed by atoms with E-state index in [0.717, 1.165) is 16.1 Å². The van der Waals surface area contributed by atoms with Crippen LogP contribution in [0.15, 0.2) is 10.8 Å². The Hall–Kier alpha value is -0.840. The van der Waals surface area contributed by atoms with Gasteiger partial charge in [0.25, 0.3) is 0 Å². The van der Waals surface area contributed by atoms with Gasteiger partial charge in [-0.2, -0.15) is 0 Å². The van der Waals surface area contributed by atoms with Gasteiger partial charge in [0, 0.05) is 12.6 Å². The lowest BCUT2D eigenvalue weighted by molar-refractivity contribution is 0.305. The van der Waals surface area contributed by atoms with E-state index in [4.69, 9.17) is 0 Å². The summed E-state index contributed by atoms with van der Waals surface area (Å²) in [5.41, 5.74) is 0.210. The van der Waals surface area contributed by atoms with Crippen molar-refractivity contribution in [2.24, 2.45) is 0 Å². The number of nitrogens with zero attached hydrogens (tertiary/aromatic N) is 2. The van der Waals surface area contributed by atoms with Gasteiger partial charge in [-0.15, -0.1) is 0 Å². The first-order valence-corrected chi connectivity index (χ1v) is 5.90. The maximum absolute atomic E-state index is 4.24. The highest BCUT2D eigenvalue weighted by atomic mass is 79.9. The number of hydrogen-bond acceptors (Lipinski definition) is 4. The van der Waals surface area contributed by atoms with Crippen molar-refractivity contribution < 1.29 is 0 Å². The van der Waals surface area contributed by atoms with E-state index in [1.165, 1.54) is 19.3 Å². The zero-order chi connectivity index (χ0) is 10.9. The van der Waals surface area contributed by atoms with E-state index in [0.29, 0.717) is 0 Å². The van der Waals surface area contributed by atoms with Crippen LogP contribution in [0, 0.1) is 0 Å². The predicted molar refractivity (Wildman–Crippen MR) is 65.2 cm³/mol. The SMILES string of the molecule is CNc1ncnc(NC2(C)CCC2)c1Br. The highest BCUT2D eigenvalue weighted by Crippen LogP contribution is 2.37. The maximum atomic E-state index is 4.24. The average Bonchev–Trinajstić information content (AvgIpc) is 2.19. The standard InChI is InChI=1S/C10H15BrN4/c1-10(4-3-5-10)15-9-7(11)8(12-2)13-6-14-9/h6H,3-5H2,1-2H3,(H2,12,13,14,15). The Balaban J connectivity index is 2.20. The Labute approximate surface area is 98.0 Å². The van der Waals surface area contributed by atoms with E-state index in [-0.39, 0.29) is 5.54 Å². The van der Waals surface area contributed by atoms with E-state index in [1.54, 1.807) is 6.33 Å². The molecular formula is C10H15BrN4. The molecule has 4 nitrogen and oxygen atoms in total. The third-order valence-corrected chi connectivity index (χ3v) is 3.65. The molecular weight excluding hydrogens is 256 g/mol. The van der Waals surface area contributed by atoms with Crippen LogP contribution >= 0.6 is 15.9 Å². The fourth-order valence-corrected chi connectivity index (χ4v) is 2.25. The first-order valence-electron chi connectivity index (χ1n) is 5.11. The van der Waals surface area contributed by atoms with Crippen molar-refractivity contribution in [3.63, 3.8) is 0 Å². The molecule has 0 amide bonds. The lowest BCUT2D eigenvalue weighted by atomic mass is 9.78. The van der Waals surface area contributed by atoms with Gasteiger partial charge >= 0.3 is 0 Å². The number of hydrogen-bond donors (Lipinski definition) is 2. The first kappa shape index (κ1) is 10.7. The molecule has 1 aromatic rings. The molecule has 0 saturated heterocycles. The Bertz CT molecular complexity index is 362. The second-order valence-corrected chi connectivity index (χ2v) is 4.97. The maximum Gasteiger partial charge on any atom is 0.146 e. The smallest absolute Gasteiger partial charge is 0.146 e. The number of rotatable bonds is 3. The summed E-state index contributed by atoms with van der Waals surface area (Å²) in [6.07, 6.45) is 5.28. The molecule has 0 atom stereocenters. The minimum Gasteiger partial charge on any atom is -0.372 e. The molecule has 2 N–H and O–H groups in total. The molecule has 2 rings (SSSR count). The molecule has 0 spiro atoms. The van der Waals surface area contributed by atoms with Crippen molar-refractivity contribution in [2.75, 3.05) is 17.7 Å². The van der Waals surface area contributed by atoms with Crippen molar-refractivity contribution in [3.8, 4) is 0 Å². The third kappa shape index (κ3) is 2.07. The fraction of sp³-hybridized carbons (Fsp3) is 0.600. The van der Waals surface area contributed by atoms with Crippen molar-refractivity contribution in [3.05, 3.63) is 10.8 Å². The van der Waals surface area contributed by atoms with Gasteiger partial charge in [0.15, 0.2) is 0 Å². The summed E-state index contributed by atoms with van der Waals surface area (Å²) in [6, 6.07) is 0. The second-order valence-electron chi connectivity index (χ2n) is 4.17. The summed E-state index contributed by atoms with van der Waals surface area (Å²) in [4.78, 5) is 8.37. The van der Waals surface area contributed by atoms with Crippen LogP contribution in [-0.2, 0) is 0 Å². The molecule has 1 aliphatic rings. The quantitative estimate of drug-likeness (QED) is 0.887. The Morgan fingerprint density at radius 3 is 2.53 bits per heavy atom. The predicted octanol–water partition coefficient (Wildman–Crippen LogP) is 2.64. The summed E-state index contributed by atoms with van der Waals surface area (Å²) in [6.45, 7) is 2.23. The molecule has 1 saturated carbocycles. The summed E-state index contributed by atoms with van der Waals surface area (Å²) in [5.74, 6) is 1.69. The molecule has 0 radical (unpaired) electrons. The number of halogens is 1. The average molecular weight is 271 g/mol. The van der Waals surface area contributed by atoms with Crippen molar-refractivity contribution in [1.82, 2.24) is 9.97 Å². The number of aromatic nitrogens is 2. The van der Waals surface area contributed by atoms with Crippen LogP contribution in [0.4, 0.5) is 11.6 Å². The van der Waals surface area contributed by atoms with Crippen molar-refractivity contribution in [2.45, 2.75) is 31.7 Å². The zero-order valence-electron chi connectivity index (χ0n) is 8.97. The largest absolute Gasteiger partial charge is 0.372 e. The Morgan fingerprint density at radius 2 is 2.00 bits per heavy atom. The molecule has 1 aliphatic carbocycles. The lowest BCUT2D eigenvalue weighted by Crippen LogP contribution is -2.42. The lowest BCUT2D eigenvalue weighted by Gasteiger charge is -2.39. The van der Waals surface area contributed by atoms with Gasteiger partial charge in [0.2, 0.25) is 0 Å². The monoisotopic (exact) mass is 270 g/mol. The van der Waals surface area contributed by atoms with E-state index >= 15 is 0 Å². The van der Waals surface area contributed by atoms with Gasteiger partial charge in [-0.25, -0.2) is 9.97 Å². The first-order chi connectivity index (χ1) is 7.14. The third-order valence-electron chi connectivity index (χ3n) is 2.90. The summed E-state index contributed by atoms with van der Waals surface area (Å²) >= 11 is 3.50. The van der Waals surface area contributed by atoms with Crippen LogP contribution in [0.5, 0.6) is 0 Å². The van der Waals surface area contributed by atoms with Gasteiger partial charge in [0.1, 0.15) is 22.4 Å². The molecule has 0 bridgehead atoms. The van der Waals surface area contributed by atoms with Gasteiger partial charge < -0.3 is 10.6 Å². The van der Waals surface area contributed by atoms with Crippen molar-refractivity contribution >= 4 is 27.6 Å². The molecule has 5 heteroatoms. The Kier molecular flexibility index (Phi) is 2.82. The van der Waals surface area contributed by atoms with E-state index in [2.05, 4.69) is 43.5 Å². The van der Waals surface area contributed by atoms with Crippen LogP contribution in [-0.4, -0.2) is 22.6 Å². The minimum atomic E-state index is 0.210. The highest BCUT2D eigenvalue weighted by Gasteiger charge is 2.32. The van der Waals surface area contributed by atoms with Gasteiger partial charge in [0.05, 0.1) is 0 Å². The molecule has 0 unspecified atom stereocenters. The molecule has 1 aromatic heterocycles. The molecule has 0 aromatic carbocycles. The summed E-state index contributed by atoms with van der Waals surface area (Å²) in [7, 11) is 1.85. The second kappa shape index (κ2) is 3.96. The van der Waals surface area contributed by atoms with Gasteiger partial charge in [-0.1, -0.05) is 0 Å². The van der Waals surface area contributed by atoms with E-state index in [1.807, 2.05) is 7.05 Å². The molecule has 82 valence electrons. The molecule has 1 fully saturated rings. The van der Waals surface area contributed by atoms with Crippen LogP contribution in [0.25, 0.3) is 0 Å². The van der Waals surface area contributed by atoms with Crippen LogP contribution in [0.1, 0.15) is 26.2 Å². The highest BCUT2D eigenvalue weighted by molar-refractivity contribution is 9.10. The van der Waals surface area contributed by atoms with Crippen LogP contribution in [0.2, 0.25) is 0 Å². The van der Waals surface area contributed by atoms with Gasteiger partial charge in [-0.05, 0) is 42.1 Å². The van der Waals surface area contributed by atoms with E-state index < -0.39 is 0 Å². The fourth-order valence-electron chi connectivity index (χ4n) is 1.75. The van der Waals surface area contributed by atoms with Crippen LogP contribution < -0.4 is 10.6 Å². The molecule has 0 aliphatic heterocycles. The van der Waals surface area contributed by atoms with Gasteiger partial charge in [-0.3, -0.25) is 0 Å². The topological polar surface area (TPSA) is 49.8 Å². The van der Waals surface area contributed by atoms with Crippen molar-refractivity contribution in [1.29, 1.82) is 0 Å². The summed E-state index contributed by atoms with van der Waals surface area (Å²) in [5, 5.41) is 6.48. The normalized spacial score (nSPS) is 18.1. The minimum absolute atomic E-state index is 0.210. The molecule has 1 heterocycles. The Morgan fingerprint density at radius 1 is 1.33 bits per heavy atom. The van der Waals surface area contributed by atoms with Crippen LogP contribution in [0.3, 0.4) is 0 Å². The molecule has 15 heavy (non-hydrogen) atoms. The summed E-state index contributed by atoms with van der Waals surface area (Å²) < 4.78 is 0.903. The van der Waals surface area contributed by atoms with E-state index in [9.17, 15) is 0 Å². The number of nitrogens with one attached hydrogen (secondary N) is 2. The zero-order valence-corrected chi connectivity index (χ0v) is 10.6.